The van der Waals surface area contributed by atoms with Crippen molar-refractivity contribution in [1.82, 2.24) is 10.9 Å². The molecule has 2 aromatic rings. The van der Waals surface area contributed by atoms with Crippen LogP contribution in [0.5, 0.6) is 0 Å². The van der Waals surface area contributed by atoms with Crippen LogP contribution in [0.1, 0.15) is 54.4 Å². The third kappa shape index (κ3) is 8.51. The van der Waals surface area contributed by atoms with Crippen molar-refractivity contribution in [2.75, 3.05) is 0 Å². The molecule has 0 saturated heterocycles. The number of benzene rings is 2. The summed E-state index contributed by atoms with van der Waals surface area (Å²) in [5.74, 6) is -0.246. The molecule has 0 radical (unpaired) electrons. The van der Waals surface area contributed by atoms with E-state index in [0.717, 1.165) is 28.7 Å². The molecule has 0 heterocycles. The smallest absolute Gasteiger partial charge is 0.240 e. The van der Waals surface area contributed by atoms with Crippen molar-refractivity contribution in [3.63, 3.8) is 0 Å². The maximum absolute atomic E-state index is 11.8. The summed E-state index contributed by atoms with van der Waals surface area (Å²) in [5, 5.41) is 7.98. The molecular formula is C23H28N4O2. The molecule has 6 nitrogen and oxygen atoms in total. The number of aryl methyl sites for hydroxylation is 2. The minimum atomic E-state index is -0.123. The van der Waals surface area contributed by atoms with Gasteiger partial charge in [-0.3, -0.25) is 9.59 Å². The summed E-state index contributed by atoms with van der Waals surface area (Å²) in [5.41, 5.74) is 9.24. The number of hydrogen-bond donors (Lipinski definition) is 2. The average Bonchev–Trinajstić information content (AvgIpc) is 2.70. The predicted molar refractivity (Wildman–Crippen MR) is 117 cm³/mol. The molecule has 0 atom stereocenters. The average molecular weight is 393 g/mol. The molecule has 29 heavy (non-hydrogen) atoms. The van der Waals surface area contributed by atoms with E-state index in [0.29, 0.717) is 25.7 Å². The lowest BCUT2D eigenvalue weighted by Gasteiger charge is -2.02. The molecule has 2 N–H and O–H groups in total. The van der Waals surface area contributed by atoms with Gasteiger partial charge in [-0.1, -0.05) is 55.0 Å². The van der Waals surface area contributed by atoms with Gasteiger partial charge >= 0.3 is 0 Å². The van der Waals surface area contributed by atoms with Gasteiger partial charge < -0.3 is 0 Å². The highest BCUT2D eigenvalue weighted by molar-refractivity contribution is 5.84. The SMILES string of the molecule is Cc1ccccc1C=NNC(=O)CCCCCC(=O)NN=Cc1ccccc1C. The molecule has 0 aliphatic heterocycles. The minimum Gasteiger partial charge on any atom is -0.273 e. The summed E-state index contributed by atoms with van der Waals surface area (Å²) < 4.78 is 0. The van der Waals surface area contributed by atoms with Crippen molar-refractivity contribution in [2.45, 2.75) is 46.0 Å². The van der Waals surface area contributed by atoms with Crippen LogP contribution in [0.3, 0.4) is 0 Å². The summed E-state index contributed by atoms with van der Waals surface area (Å²) in [6.45, 7) is 3.99. The Morgan fingerprint density at radius 1 is 0.724 bits per heavy atom. The van der Waals surface area contributed by atoms with Gasteiger partial charge in [-0.05, 0) is 48.9 Å². The first kappa shape index (κ1) is 22.0. The summed E-state index contributed by atoms with van der Waals surface area (Å²) in [7, 11) is 0. The normalized spacial score (nSPS) is 11.1. The number of carbonyl (C=O) groups is 2. The molecule has 2 aromatic carbocycles. The minimum absolute atomic E-state index is 0.123. The topological polar surface area (TPSA) is 82.9 Å². The number of nitrogens with zero attached hydrogens (tertiary/aromatic N) is 2. The molecule has 0 spiro atoms. The van der Waals surface area contributed by atoms with E-state index in [1.54, 1.807) is 12.4 Å². The molecule has 0 unspecified atom stereocenters. The van der Waals surface area contributed by atoms with Gasteiger partial charge in [0.1, 0.15) is 0 Å². The summed E-state index contributed by atoms with van der Waals surface area (Å²) >= 11 is 0. The van der Waals surface area contributed by atoms with Crippen LogP contribution in [0.4, 0.5) is 0 Å². The van der Waals surface area contributed by atoms with Crippen molar-refractivity contribution < 1.29 is 9.59 Å². The molecule has 0 bridgehead atoms. The molecule has 2 amide bonds. The second-order valence-corrected chi connectivity index (χ2v) is 6.86. The van der Waals surface area contributed by atoms with Crippen LogP contribution in [-0.2, 0) is 9.59 Å². The first-order valence-electron chi connectivity index (χ1n) is 9.81. The quantitative estimate of drug-likeness (QED) is 0.366. The van der Waals surface area contributed by atoms with E-state index in [1.807, 2.05) is 62.4 Å². The highest BCUT2D eigenvalue weighted by atomic mass is 16.2. The Hall–Kier alpha value is -3.28. The van der Waals surface area contributed by atoms with Crippen molar-refractivity contribution in [2.24, 2.45) is 10.2 Å². The zero-order valence-electron chi connectivity index (χ0n) is 17.0. The van der Waals surface area contributed by atoms with Crippen LogP contribution in [0.25, 0.3) is 0 Å². The molecule has 152 valence electrons. The molecule has 0 aromatic heterocycles. The highest BCUT2D eigenvalue weighted by Gasteiger charge is 2.02. The fraction of sp³-hybridized carbons (Fsp3) is 0.304. The summed E-state index contributed by atoms with van der Waals surface area (Å²) in [4.78, 5) is 23.6. The van der Waals surface area contributed by atoms with Crippen LogP contribution in [-0.4, -0.2) is 24.2 Å². The molecule has 2 rings (SSSR count). The van der Waals surface area contributed by atoms with E-state index in [4.69, 9.17) is 0 Å². The lowest BCUT2D eigenvalue weighted by atomic mass is 10.1. The van der Waals surface area contributed by atoms with Crippen LogP contribution < -0.4 is 10.9 Å². The molecule has 0 saturated carbocycles. The van der Waals surface area contributed by atoms with Crippen molar-refractivity contribution >= 4 is 24.2 Å². The molecular weight excluding hydrogens is 364 g/mol. The Kier molecular flexibility index (Phi) is 9.29. The molecule has 6 heteroatoms. The van der Waals surface area contributed by atoms with Gasteiger partial charge in [-0.15, -0.1) is 0 Å². The molecule has 0 fully saturated rings. The van der Waals surface area contributed by atoms with E-state index in [2.05, 4.69) is 21.1 Å². The number of nitrogens with one attached hydrogen (secondary N) is 2. The third-order valence-electron chi connectivity index (χ3n) is 4.47. The fourth-order valence-electron chi connectivity index (χ4n) is 2.67. The monoisotopic (exact) mass is 392 g/mol. The van der Waals surface area contributed by atoms with E-state index in [9.17, 15) is 9.59 Å². The number of rotatable bonds is 10. The highest BCUT2D eigenvalue weighted by Crippen LogP contribution is 2.05. The Morgan fingerprint density at radius 2 is 1.14 bits per heavy atom. The Bertz CT molecular complexity index is 803. The van der Waals surface area contributed by atoms with Crippen molar-refractivity contribution in [3.8, 4) is 0 Å². The maximum Gasteiger partial charge on any atom is 0.240 e. The second-order valence-electron chi connectivity index (χ2n) is 6.86. The fourth-order valence-corrected chi connectivity index (χ4v) is 2.67. The molecule has 0 aliphatic carbocycles. The van der Waals surface area contributed by atoms with Crippen LogP contribution in [0, 0.1) is 13.8 Å². The predicted octanol–water partition coefficient (Wildman–Crippen LogP) is 3.85. The third-order valence-corrected chi connectivity index (χ3v) is 4.47. The van der Waals surface area contributed by atoms with Crippen LogP contribution >= 0.6 is 0 Å². The van der Waals surface area contributed by atoms with Crippen molar-refractivity contribution in [1.29, 1.82) is 0 Å². The van der Waals surface area contributed by atoms with Gasteiger partial charge in [0.25, 0.3) is 0 Å². The van der Waals surface area contributed by atoms with Gasteiger partial charge in [0.05, 0.1) is 12.4 Å². The number of hydrazone groups is 2. The van der Waals surface area contributed by atoms with E-state index in [-0.39, 0.29) is 11.8 Å². The largest absolute Gasteiger partial charge is 0.273 e. The summed E-state index contributed by atoms with van der Waals surface area (Å²) in [6, 6.07) is 15.7. The maximum atomic E-state index is 11.8. The number of hydrogen-bond acceptors (Lipinski definition) is 4. The number of unbranched alkanes of at least 4 members (excludes halogenated alkanes) is 2. The van der Waals surface area contributed by atoms with Gasteiger partial charge in [0.2, 0.25) is 11.8 Å². The van der Waals surface area contributed by atoms with E-state index < -0.39 is 0 Å². The Morgan fingerprint density at radius 3 is 1.55 bits per heavy atom. The van der Waals surface area contributed by atoms with Crippen LogP contribution in [0.15, 0.2) is 58.7 Å². The lowest BCUT2D eigenvalue weighted by molar-refractivity contribution is -0.121. The van der Waals surface area contributed by atoms with E-state index in [1.165, 1.54) is 0 Å². The van der Waals surface area contributed by atoms with Crippen molar-refractivity contribution in [3.05, 3.63) is 70.8 Å². The first-order valence-corrected chi connectivity index (χ1v) is 9.81. The Labute approximate surface area is 172 Å². The number of amides is 2. The Balaban J connectivity index is 1.56. The van der Waals surface area contributed by atoms with E-state index >= 15 is 0 Å². The lowest BCUT2D eigenvalue weighted by Crippen LogP contribution is -2.18. The van der Waals surface area contributed by atoms with Gasteiger partial charge in [0.15, 0.2) is 0 Å². The first-order chi connectivity index (χ1) is 14.1. The summed E-state index contributed by atoms with van der Waals surface area (Å²) in [6.07, 6.45) is 6.29. The zero-order chi connectivity index (χ0) is 20.9. The van der Waals surface area contributed by atoms with Gasteiger partial charge in [-0.2, -0.15) is 10.2 Å². The number of carbonyl (C=O) groups excluding carboxylic acids is 2. The standard InChI is InChI=1S/C23H28N4O2/c1-18-10-6-8-12-20(18)16-24-26-22(28)14-4-3-5-15-23(29)27-25-17-21-13-9-7-11-19(21)2/h6-13,16-17H,3-5,14-15H2,1-2H3,(H,26,28)(H,27,29). The second kappa shape index (κ2) is 12.2. The van der Waals surface area contributed by atoms with Gasteiger partial charge in [-0.25, -0.2) is 10.9 Å². The van der Waals surface area contributed by atoms with Crippen LogP contribution in [0.2, 0.25) is 0 Å². The van der Waals surface area contributed by atoms with Gasteiger partial charge in [0, 0.05) is 12.8 Å². The zero-order valence-corrected chi connectivity index (χ0v) is 17.0. The molecule has 0 aliphatic rings.